The molecule has 0 aliphatic rings. The van der Waals surface area contributed by atoms with Gasteiger partial charge in [0.25, 0.3) is 0 Å². The molecule has 1 rings (SSSR count). The molecule has 1 atom stereocenters. The van der Waals surface area contributed by atoms with Gasteiger partial charge in [0.1, 0.15) is 0 Å². The van der Waals surface area contributed by atoms with Crippen LogP contribution in [0, 0.1) is 17.0 Å². The molecular formula is C11H14BrF2NO2. The fraction of sp³-hybridized carbons (Fsp3) is 0.455. The molecule has 0 spiro atoms. The lowest BCUT2D eigenvalue weighted by Crippen LogP contribution is -2.32. The van der Waals surface area contributed by atoms with Gasteiger partial charge in [-0.3, -0.25) is 0 Å². The van der Waals surface area contributed by atoms with E-state index in [-0.39, 0.29) is 16.6 Å². The van der Waals surface area contributed by atoms with Crippen molar-refractivity contribution in [3.05, 3.63) is 27.7 Å². The molecule has 0 fully saturated rings. The maximum Gasteiger partial charge on any atom is 0.201 e. The monoisotopic (exact) mass is 309 g/mol. The lowest BCUT2D eigenvalue weighted by Gasteiger charge is -2.30. The van der Waals surface area contributed by atoms with Gasteiger partial charge in [-0.05, 0) is 22.0 Å². The Morgan fingerprint density at radius 1 is 1.41 bits per heavy atom. The highest BCUT2D eigenvalue weighted by molar-refractivity contribution is 9.10. The topological polar surface area (TPSA) is 66.5 Å². The Balaban J connectivity index is 3.33. The van der Waals surface area contributed by atoms with Gasteiger partial charge in [0.15, 0.2) is 11.6 Å². The summed E-state index contributed by atoms with van der Waals surface area (Å²) in [4.78, 5) is 0. The van der Waals surface area contributed by atoms with Crippen LogP contribution in [0.4, 0.5) is 8.78 Å². The summed E-state index contributed by atoms with van der Waals surface area (Å²) < 4.78 is 26.4. The number of benzene rings is 1. The van der Waals surface area contributed by atoms with Crippen LogP contribution in [0.5, 0.6) is 5.75 Å². The summed E-state index contributed by atoms with van der Waals surface area (Å²) in [6.07, 6.45) is 0. The molecule has 0 radical (unpaired) electrons. The van der Waals surface area contributed by atoms with Gasteiger partial charge >= 0.3 is 0 Å². The van der Waals surface area contributed by atoms with Crippen LogP contribution in [0.3, 0.4) is 0 Å². The third kappa shape index (κ3) is 2.59. The first kappa shape index (κ1) is 14.3. The summed E-state index contributed by atoms with van der Waals surface area (Å²) in [7, 11) is 0. The Bertz CT molecular complexity index is 438. The van der Waals surface area contributed by atoms with Crippen molar-refractivity contribution < 1.29 is 19.0 Å². The summed E-state index contributed by atoms with van der Waals surface area (Å²) in [5, 5.41) is 18.7. The Morgan fingerprint density at radius 2 is 1.94 bits per heavy atom. The average Bonchev–Trinajstić information content (AvgIpc) is 2.30. The predicted molar refractivity (Wildman–Crippen MR) is 63.5 cm³/mol. The molecule has 17 heavy (non-hydrogen) atoms. The zero-order valence-electron chi connectivity index (χ0n) is 9.47. The molecule has 0 aliphatic carbocycles. The summed E-state index contributed by atoms with van der Waals surface area (Å²) in [6, 6.07) is 0.398. The minimum absolute atomic E-state index is 0.0508. The van der Waals surface area contributed by atoms with E-state index in [9.17, 15) is 13.9 Å². The summed E-state index contributed by atoms with van der Waals surface area (Å²) in [6.45, 7) is 3.07. The van der Waals surface area contributed by atoms with E-state index in [2.05, 4.69) is 15.9 Å². The van der Waals surface area contributed by atoms with Gasteiger partial charge in [-0.15, -0.1) is 0 Å². The molecule has 0 bridgehead atoms. The van der Waals surface area contributed by atoms with Crippen molar-refractivity contribution in [2.75, 3.05) is 6.61 Å². The van der Waals surface area contributed by atoms with E-state index >= 15 is 0 Å². The van der Waals surface area contributed by atoms with Crippen LogP contribution in [-0.2, 0) is 0 Å². The van der Waals surface area contributed by atoms with Gasteiger partial charge in [0, 0.05) is 23.6 Å². The van der Waals surface area contributed by atoms with E-state index in [1.807, 2.05) is 0 Å². The van der Waals surface area contributed by atoms with Gasteiger partial charge in [-0.1, -0.05) is 13.8 Å². The summed E-state index contributed by atoms with van der Waals surface area (Å²) in [5.41, 5.74) is 5.13. The quantitative estimate of drug-likeness (QED) is 0.751. The fourth-order valence-corrected chi connectivity index (χ4v) is 1.78. The molecule has 0 aromatic heterocycles. The predicted octanol–water partition coefficient (Wildman–Crippen LogP) is 2.45. The smallest absolute Gasteiger partial charge is 0.201 e. The largest absolute Gasteiger partial charge is 0.505 e. The first-order valence-electron chi connectivity index (χ1n) is 4.95. The molecule has 6 heteroatoms. The number of aromatic hydroxyl groups is 1. The number of aliphatic hydroxyl groups excluding tert-OH is 1. The van der Waals surface area contributed by atoms with Crippen LogP contribution < -0.4 is 5.73 Å². The lowest BCUT2D eigenvalue weighted by atomic mass is 9.81. The maximum atomic E-state index is 13.3. The van der Waals surface area contributed by atoms with E-state index < -0.39 is 28.8 Å². The van der Waals surface area contributed by atoms with E-state index in [0.717, 1.165) is 0 Å². The second-order valence-corrected chi connectivity index (χ2v) is 5.40. The van der Waals surface area contributed by atoms with Crippen molar-refractivity contribution in [2.24, 2.45) is 11.1 Å². The van der Waals surface area contributed by atoms with Crippen molar-refractivity contribution >= 4 is 15.9 Å². The molecular weight excluding hydrogens is 296 g/mol. The molecule has 96 valence electrons. The normalized spacial score (nSPS) is 13.8. The second kappa shape index (κ2) is 4.88. The number of halogens is 3. The molecule has 0 saturated heterocycles. The standard InChI is InChI=1S/C11H14BrF2NO2/c1-11(2,4-16)10(15)5-3-6(12)7(13)8(14)9(5)17/h3,10,16-17H,4,15H2,1-2H3/t10-/m1/s1. The molecule has 0 heterocycles. The maximum absolute atomic E-state index is 13.3. The minimum Gasteiger partial charge on any atom is -0.505 e. The highest BCUT2D eigenvalue weighted by Crippen LogP contribution is 2.39. The van der Waals surface area contributed by atoms with E-state index in [1.165, 1.54) is 6.07 Å². The molecule has 3 nitrogen and oxygen atoms in total. The Labute approximate surface area is 106 Å². The number of aliphatic hydroxyl groups is 1. The van der Waals surface area contributed by atoms with E-state index in [1.54, 1.807) is 13.8 Å². The SMILES string of the molecule is CC(C)(CO)[C@H](N)c1cc(Br)c(F)c(F)c1O. The van der Waals surface area contributed by atoms with Crippen LogP contribution in [0.2, 0.25) is 0 Å². The third-order valence-electron chi connectivity index (χ3n) is 2.75. The van der Waals surface area contributed by atoms with Crippen molar-refractivity contribution in [3.63, 3.8) is 0 Å². The highest BCUT2D eigenvalue weighted by atomic mass is 79.9. The summed E-state index contributed by atoms with van der Waals surface area (Å²) >= 11 is 2.84. The number of phenols is 1. The van der Waals surface area contributed by atoms with Crippen molar-refractivity contribution in [1.82, 2.24) is 0 Å². The van der Waals surface area contributed by atoms with Gasteiger partial charge in [0.05, 0.1) is 4.47 Å². The van der Waals surface area contributed by atoms with Crippen LogP contribution in [-0.4, -0.2) is 16.8 Å². The van der Waals surface area contributed by atoms with Gasteiger partial charge in [-0.25, -0.2) is 4.39 Å². The molecule has 1 aromatic rings. The van der Waals surface area contributed by atoms with Gasteiger partial charge in [-0.2, -0.15) is 4.39 Å². The first-order valence-corrected chi connectivity index (χ1v) is 5.74. The van der Waals surface area contributed by atoms with Crippen molar-refractivity contribution in [2.45, 2.75) is 19.9 Å². The van der Waals surface area contributed by atoms with Crippen LogP contribution in [0.15, 0.2) is 10.5 Å². The zero-order chi connectivity index (χ0) is 13.4. The van der Waals surface area contributed by atoms with Gasteiger partial charge < -0.3 is 15.9 Å². The Kier molecular flexibility index (Phi) is 4.11. The lowest BCUT2D eigenvalue weighted by molar-refractivity contribution is 0.130. The molecule has 0 saturated carbocycles. The molecule has 0 aliphatic heterocycles. The molecule has 4 N–H and O–H groups in total. The Hall–Kier alpha value is -0.720. The van der Waals surface area contributed by atoms with E-state index in [0.29, 0.717) is 0 Å². The Morgan fingerprint density at radius 3 is 2.41 bits per heavy atom. The van der Waals surface area contributed by atoms with Crippen LogP contribution in [0.25, 0.3) is 0 Å². The third-order valence-corrected chi connectivity index (χ3v) is 3.33. The zero-order valence-corrected chi connectivity index (χ0v) is 11.1. The number of hydrogen-bond donors (Lipinski definition) is 3. The molecule has 0 unspecified atom stereocenters. The minimum atomic E-state index is -1.35. The molecule has 0 amide bonds. The number of rotatable bonds is 3. The molecule has 1 aromatic carbocycles. The van der Waals surface area contributed by atoms with Crippen LogP contribution in [0.1, 0.15) is 25.5 Å². The van der Waals surface area contributed by atoms with Gasteiger partial charge in [0.2, 0.25) is 5.82 Å². The number of nitrogens with two attached hydrogens (primary N) is 1. The number of hydrogen-bond acceptors (Lipinski definition) is 3. The average molecular weight is 310 g/mol. The van der Waals surface area contributed by atoms with Crippen molar-refractivity contribution in [1.29, 1.82) is 0 Å². The highest BCUT2D eigenvalue weighted by Gasteiger charge is 2.31. The van der Waals surface area contributed by atoms with Crippen LogP contribution >= 0.6 is 15.9 Å². The van der Waals surface area contributed by atoms with Crippen molar-refractivity contribution in [3.8, 4) is 5.75 Å². The fourth-order valence-electron chi connectivity index (χ4n) is 1.36. The first-order chi connectivity index (χ1) is 7.72. The number of phenolic OH excluding ortho intramolecular Hbond substituents is 1. The second-order valence-electron chi connectivity index (χ2n) is 4.55. The summed E-state index contributed by atoms with van der Waals surface area (Å²) in [5.74, 6) is -3.33. The van der Waals surface area contributed by atoms with E-state index in [4.69, 9.17) is 10.8 Å².